The van der Waals surface area contributed by atoms with Crippen LogP contribution in [0, 0.1) is 13.7 Å². The average Bonchev–Trinajstić information content (AvgIpc) is 3.90. The van der Waals surface area contributed by atoms with Crippen molar-refractivity contribution in [1.82, 2.24) is 18.8 Å². The first-order valence-electron chi connectivity index (χ1n) is 19.4. The molecule has 0 saturated carbocycles. The molecule has 10 aromatic rings. The summed E-state index contributed by atoms with van der Waals surface area (Å²) in [5.41, 5.74) is 9.82. The van der Waals surface area contributed by atoms with Crippen molar-refractivity contribution in [3.05, 3.63) is 132 Å². The van der Waals surface area contributed by atoms with Crippen molar-refractivity contribution >= 4 is 54.9 Å². The van der Waals surface area contributed by atoms with Gasteiger partial charge in [-0.05, 0) is 83.3 Å². The van der Waals surface area contributed by atoms with Gasteiger partial charge in [0.15, 0.2) is 5.58 Å². The topological polar surface area (TPSA) is 47.7 Å². The highest BCUT2D eigenvalue weighted by molar-refractivity contribution is 6.23. The van der Waals surface area contributed by atoms with Crippen molar-refractivity contribution < 1.29 is 12.6 Å². The van der Waals surface area contributed by atoms with Gasteiger partial charge < -0.3 is 8.82 Å². The maximum absolute atomic E-state index is 8.21. The van der Waals surface area contributed by atoms with E-state index in [1.165, 1.54) is 23.8 Å². The van der Waals surface area contributed by atoms with E-state index in [-0.39, 0.29) is 22.1 Å². The molecule has 0 atom stereocenters. The molecule has 49 heavy (non-hydrogen) atoms. The fourth-order valence-electron chi connectivity index (χ4n) is 7.59. The Kier molecular flexibility index (Phi) is 4.52. The highest BCUT2D eigenvalue weighted by Crippen LogP contribution is 2.42. The molecule has 0 amide bonds. The third kappa shape index (κ3) is 3.99. The molecule has 0 aliphatic heterocycles. The van der Waals surface area contributed by atoms with E-state index < -0.39 is 13.7 Å². The van der Waals surface area contributed by atoms with Gasteiger partial charge in [0.2, 0.25) is 5.71 Å². The molecule has 0 radical (unpaired) electrons. The Morgan fingerprint density at radius 1 is 0.633 bits per heavy atom. The van der Waals surface area contributed by atoms with Crippen LogP contribution in [0.4, 0.5) is 0 Å². The first-order valence-corrected chi connectivity index (χ1v) is 16.4. The molecule has 5 heteroatoms. The lowest BCUT2D eigenvalue weighted by Gasteiger charge is -2.18. The molecule has 0 N–H and O–H groups in total. The zero-order chi connectivity index (χ0) is 38.2. The Morgan fingerprint density at radius 3 is 2.08 bits per heavy atom. The van der Waals surface area contributed by atoms with Crippen LogP contribution in [-0.2, 0) is 5.41 Å². The number of benzene rings is 5. The van der Waals surface area contributed by atoms with Gasteiger partial charge in [-0.2, -0.15) is 0 Å². The molecule has 5 aromatic carbocycles. The first-order chi connectivity index (χ1) is 26.2. The summed E-state index contributed by atoms with van der Waals surface area (Å²) in [7, 11) is 0. The van der Waals surface area contributed by atoms with Crippen molar-refractivity contribution in [3.63, 3.8) is 0 Å². The molecule has 10 rings (SSSR count). The molecular weight excluding hydrogens is 601 g/mol. The number of imidazole rings is 1. The van der Waals surface area contributed by atoms with Crippen LogP contribution >= 0.6 is 0 Å². The van der Waals surface area contributed by atoms with Crippen LogP contribution in [0.1, 0.15) is 45.7 Å². The van der Waals surface area contributed by atoms with Crippen LogP contribution in [0.2, 0.25) is 0 Å². The number of hydrogen-bond donors (Lipinski definition) is 0. The number of nitrogens with zero attached hydrogens (tertiary/aromatic N) is 4. The molecule has 0 unspecified atom stereocenters. The molecule has 0 aliphatic carbocycles. The molecular formula is C44H34N4O. The molecule has 5 aromatic heterocycles. The van der Waals surface area contributed by atoms with Crippen LogP contribution in [0.3, 0.4) is 0 Å². The Labute approximate surface area is 291 Å². The number of aryl methyl sites for hydroxylation is 2. The zero-order valence-corrected chi connectivity index (χ0v) is 27.2. The van der Waals surface area contributed by atoms with Crippen LogP contribution < -0.4 is 0 Å². The van der Waals surface area contributed by atoms with E-state index in [0.717, 1.165) is 66.1 Å². The summed E-state index contributed by atoms with van der Waals surface area (Å²) in [6.07, 6.45) is 3.39. The Bertz CT molecular complexity index is 3140. The fourth-order valence-corrected chi connectivity index (χ4v) is 7.59. The lowest BCUT2D eigenvalue weighted by molar-refractivity contribution is 0.587. The molecule has 0 saturated heterocycles. The van der Waals surface area contributed by atoms with E-state index in [4.69, 9.17) is 22.6 Å². The summed E-state index contributed by atoms with van der Waals surface area (Å²) in [6.45, 7) is 1.55. The summed E-state index contributed by atoms with van der Waals surface area (Å²) in [5.74, 6) is 0.791. The van der Waals surface area contributed by atoms with Gasteiger partial charge in [-0.3, -0.25) is 9.38 Å². The van der Waals surface area contributed by atoms with Crippen LogP contribution in [-0.4, -0.2) is 18.8 Å². The Morgan fingerprint density at radius 2 is 1.35 bits per heavy atom. The van der Waals surface area contributed by atoms with E-state index in [1.807, 2.05) is 6.07 Å². The molecule has 236 valence electrons. The maximum Gasteiger partial charge on any atom is 0.225 e. The van der Waals surface area contributed by atoms with Gasteiger partial charge in [0, 0.05) is 47.1 Å². The second-order valence-corrected chi connectivity index (χ2v) is 13.9. The lowest BCUT2D eigenvalue weighted by Crippen LogP contribution is -2.10. The van der Waals surface area contributed by atoms with Crippen molar-refractivity contribution in [2.24, 2.45) is 0 Å². The number of aromatic nitrogens is 4. The highest BCUT2D eigenvalue weighted by atomic mass is 16.3. The minimum Gasteiger partial charge on any atom is -0.437 e. The maximum atomic E-state index is 8.21. The summed E-state index contributed by atoms with van der Waals surface area (Å²) in [6, 6.07) is 33.4. The van der Waals surface area contributed by atoms with Crippen LogP contribution in [0.25, 0.3) is 88.7 Å². The summed E-state index contributed by atoms with van der Waals surface area (Å²) < 4.78 is 59.9. The van der Waals surface area contributed by atoms with Crippen LogP contribution in [0.5, 0.6) is 0 Å². The summed E-state index contributed by atoms with van der Waals surface area (Å²) in [5, 5.41) is 4.48. The molecule has 5 nitrogen and oxygen atoms in total. The van der Waals surface area contributed by atoms with Gasteiger partial charge in [0.05, 0.1) is 34.0 Å². The van der Waals surface area contributed by atoms with E-state index in [0.29, 0.717) is 17.0 Å². The third-order valence-corrected chi connectivity index (χ3v) is 10.00. The lowest BCUT2D eigenvalue weighted by atomic mass is 9.87. The van der Waals surface area contributed by atoms with Crippen molar-refractivity contribution in [3.8, 4) is 33.8 Å². The normalized spacial score (nSPS) is 14.9. The van der Waals surface area contributed by atoms with Gasteiger partial charge in [0.25, 0.3) is 0 Å². The summed E-state index contributed by atoms with van der Waals surface area (Å²) >= 11 is 0. The SMILES string of the molecule is [2H]C([2H])([2H])c1cccc(C([2H])([2H])[2H])c1-c1ccnc(-c2ccc3c4cccc5c6ccc(-c7ncc8oc9cc(C(C)(C)C)ccc9n78)cc6n(c3c2)c45)c1. The number of fused-ring (bicyclic) bond motifs is 9. The number of rotatable bonds is 3. The summed E-state index contributed by atoms with van der Waals surface area (Å²) in [4.78, 5) is 9.53. The highest BCUT2D eigenvalue weighted by Gasteiger charge is 2.22. The minimum absolute atomic E-state index is 0.00693. The molecule has 0 bridgehead atoms. The number of para-hydroxylation sites is 1. The van der Waals surface area contributed by atoms with Gasteiger partial charge in [0.1, 0.15) is 5.82 Å². The number of pyridine rings is 1. The minimum atomic E-state index is -2.51. The molecule has 0 aliphatic rings. The molecule has 0 fully saturated rings. The largest absolute Gasteiger partial charge is 0.437 e. The van der Waals surface area contributed by atoms with Gasteiger partial charge in [-0.25, -0.2) is 4.98 Å². The fraction of sp³-hybridized carbons (Fsp3) is 0.136. The van der Waals surface area contributed by atoms with E-state index in [1.54, 1.807) is 24.5 Å². The average molecular weight is 641 g/mol. The zero-order valence-electron chi connectivity index (χ0n) is 33.2. The second kappa shape index (κ2) is 9.80. The standard InChI is InChI=1S/C44H34N4O/c1-25-8-6-9-26(2)41(25)28-18-19-45-35(20-28)27-12-15-31-33-10-7-11-34-32-16-13-29(22-38(32)47(42(33)34)37(31)21-27)43-46-24-40-48(43)36-17-14-30(44(3,4)5)23-39(36)49-40/h6-24H,1-5H3/i1D3,2D3. The molecule has 0 spiro atoms. The Hall–Kier alpha value is -5.94. The van der Waals surface area contributed by atoms with Gasteiger partial charge >= 0.3 is 0 Å². The van der Waals surface area contributed by atoms with Crippen LogP contribution in [0.15, 0.2) is 120 Å². The van der Waals surface area contributed by atoms with Gasteiger partial charge in [-0.15, -0.1) is 0 Å². The number of oxazole rings is 1. The van der Waals surface area contributed by atoms with Crippen molar-refractivity contribution in [2.45, 2.75) is 39.9 Å². The first kappa shape index (κ1) is 22.6. The van der Waals surface area contributed by atoms with Crippen molar-refractivity contribution in [2.75, 3.05) is 0 Å². The predicted molar refractivity (Wildman–Crippen MR) is 202 cm³/mol. The monoisotopic (exact) mass is 640 g/mol. The number of hydrogen-bond acceptors (Lipinski definition) is 3. The quantitative estimate of drug-likeness (QED) is 0.193. The molecule has 5 heterocycles. The second-order valence-electron chi connectivity index (χ2n) is 13.9. The van der Waals surface area contributed by atoms with E-state index in [9.17, 15) is 0 Å². The van der Waals surface area contributed by atoms with E-state index >= 15 is 0 Å². The Balaban J connectivity index is 1.16. The van der Waals surface area contributed by atoms with Crippen molar-refractivity contribution in [1.29, 1.82) is 0 Å². The van der Waals surface area contributed by atoms with Gasteiger partial charge in [-0.1, -0.05) is 87.5 Å². The predicted octanol–water partition coefficient (Wildman–Crippen LogP) is 11.5. The van der Waals surface area contributed by atoms with E-state index in [2.05, 4.69) is 96.3 Å². The third-order valence-electron chi connectivity index (χ3n) is 10.00. The smallest absolute Gasteiger partial charge is 0.225 e.